The average molecular weight is 280 g/mol. The van der Waals surface area contributed by atoms with Gasteiger partial charge in [0.25, 0.3) is 5.95 Å². The van der Waals surface area contributed by atoms with E-state index in [0.717, 1.165) is 19.3 Å². The van der Waals surface area contributed by atoms with E-state index in [-0.39, 0.29) is 5.82 Å². The van der Waals surface area contributed by atoms with Crippen molar-refractivity contribution in [3.05, 3.63) is 53.5 Å². The molecule has 0 aliphatic heterocycles. The summed E-state index contributed by atoms with van der Waals surface area (Å²) in [4.78, 5) is 3.21. The first-order valence-electron chi connectivity index (χ1n) is 6.47. The van der Waals surface area contributed by atoms with Crippen LogP contribution in [0.15, 0.2) is 30.3 Å². The van der Waals surface area contributed by atoms with Gasteiger partial charge >= 0.3 is 0 Å². The molecule has 0 amide bonds. The highest BCUT2D eigenvalue weighted by molar-refractivity contribution is 5.56. The predicted octanol–water partition coefficient (Wildman–Crippen LogP) is 4.59. The van der Waals surface area contributed by atoms with E-state index in [1.807, 2.05) is 12.1 Å². The molecule has 0 saturated carbocycles. The van der Waals surface area contributed by atoms with Crippen LogP contribution >= 0.6 is 0 Å². The van der Waals surface area contributed by atoms with E-state index in [9.17, 15) is 13.2 Å². The van der Waals surface area contributed by atoms with Gasteiger partial charge < -0.3 is 5.32 Å². The van der Waals surface area contributed by atoms with Crippen LogP contribution in [0.3, 0.4) is 0 Å². The Morgan fingerprint density at radius 1 is 1.05 bits per heavy atom. The minimum atomic E-state index is -1.33. The highest BCUT2D eigenvalue weighted by atomic mass is 19.2. The topological polar surface area (TPSA) is 24.9 Å². The molecule has 5 heteroatoms. The maximum Gasteiger partial charge on any atom is 0.251 e. The predicted molar refractivity (Wildman–Crippen MR) is 72.4 cm³/mol. The van der Waals surface area contributed by atoms with Gasteiger partial charge in [0, 0.05) is 11.8 Å². The molecule has 0 bridgehead atoms. The zero-order valence-electron chi connectivity index (χ0n) is 11.1. The molecular weight excluding hydrogens is 265 g/mol. The van der Waals surface area contributed by atoms with E-state index in [4.69, 9.17) is 0 Å². The number of rotatable bonds is 5. The molecule has 20 heavy (non-hydrogen) atoms. The van der Waals surface area contributed by atoms with Gasteiger partial charge in [0.15, 0.2) is 17.5 Å². The molecule has 0 radical (unpaired) electrons. The molecule has 0 aliphatic rings. The standard InChI is InChI=1S/C15H15F3N2/c1-2-3-4-10-5-7-11(8-6-10)19-15-13(17)9-12(16)14(18)20-15/h5-9H,2-4H2,1H3,(H,19,20). The first-order chi connectivity index (χ1) is 9.60. The van der Waals surface area contributed by atoms with Gasteiger partial charge in [-0.05, 0) is 30.5 Å². The first-order valence-corrected chi connectivity index (χ1v) is 6.47. The molecule has 0 unspecified atom stereocenters. The summed E-state index contributed by atoms with van der Waals surface area (Å²) in [6.07, 6.45) is 3.20. The smallest absolute Gasteiger partial charge is 0.251 e. The summed E-state index contributed by atoms with van der Waals surface area (Å²) in [7, 11) is 0. The summed E-state index contributed by atoms with van der Waals surface area (Å²) < 4.78 is 39.2. The number of nitrogens with zero attached hydrogens (tertiary/aromatic N) is 1. The molecule has 1 heterocycles. The third-order valence-electron chi connectivity index (χ3n) is 2.92. The second-order valence-electron chi connectivity index (χ2n) is 4.52. The monoisotopic (exact) mass is 280 g/mol. The van der Waals surface area contributed by atoms with E-state index in [1.54, 1.807) is 12.1 Å². The number of halogens is 3. The Morgan fingerprint density at radius 3 is 2.40 bits per heavy atom. The number of anilines is 2. The van der Waals surface area contributed by atoms with Crippen molar-refractivity contribution in [3.8, 4) is 0 Å². The number of unbranched alkanes of at least 4 members (excludes halogenated alkanes) is 1. The van der Waals surface area contributed by atoms with E-state index in [0.29, 0.717) is 11.8 Å². The number of aromatic nitrogens is 1. The van der Waals surface area contributed by atoms with Gasteiger partial charge in [0.1, 0.15) is 0 Å². The molecule has 2 aromatic rings. The van der Waals surface area contributed by atoms with Crippen molar-refractivity contribution < 1.29 is 13.2 Å². The summed E-state index contributed by atoms with van der Waals surface area (Å²) in [6.45, 7) is 2.12. The van der Waals surface area contributed by atoms with Gasteiger partial charge in [-0.2, -0.15) is 9.37 Å². The van der Waals surface area contributed by atoms with Crippen LogP contribution in [0.1, 0.15) is 25.3 Å². The molecule has 0 aliphatic carbocycles. The molecule has 2 nitrogen and oxygen atoms in total. The normalized spacial score (nSPS) is 10.6. The van der Waals surface area contributed by atoms with Crippen molar-refractivity contribution in [2.75, 3.05) is 5.32 Å². The van der Waals surface area contributed by atoms with Crippen LogP contribution in [-0.4, -0.2) is 4.98 Å². The number of benzene rings is 1. The molecule has 0 spiro atoms. The minimum absolute atomic E-state index is 0.329. The van der Waals surface area contributed by atoms with Crippen LogP contribution in [0.4, 0.5) is 24.7 Å². The molecule has 1 aromatic heterocycles. The summed E-state index contributed by atoms with van der Waals surface area (Å²) >= 11 is 0. The van der Waals surface area contributed by atoms with Gasteiger partial charge in [-0.1, -0.05) is 25.5 Å². The quantitative estimate of drug-likeness (QED) is 0.810. The fourth-order valence-electron chi connectivity index (χ4n) is 1.80. The number of hydrogen-bond donors (Lipinski definition) is 1. The van der Waals surface area contributed by atoms with Crippen molar-refractivity contribution in [3.63, 3.8) is 0 Å². The van der Waals surface area contributed by atoms with Crippen molar-refractivity contribution in [2.24, 2.45) is 0 Å². The lowest BCUT2D eigenvalue weighted by Gasteiger charge is -2.08. The van der Waals surface area contributed by atoms with Crippen LogP contribution in [0, 0.1) is 17.6 Å². The number of nitrogens with one attached hydrogen (secondary N) is 1. The van der Waals surface area contributed by atoms with Gasteiger partial charge in [-0.15, -0.1) is 0 Å². The SMILES string of the molecule is CCCCc1ccc(Nc2nc(F)c(F)cc2F)cc1. The maximum absolute atomic E-state index is 13.4. The van der Waals surface area contributed by atoms with E-state index >= 15 is 0 Å². The van der Waals surface area contributed by atoms with Crippen molar-refractivity contribution >= 4 is 11.5 Å². The second-order valence-corrected chi connectivity index (χ2v) is 4.52. The van der Waals surface area contributed by atoms with E-state index in [1.165, 1.54) is 5.56 Å². The molecule has 106 valence electrons. The summed E-state index contributed by atoms with van der Waals surface area (Å²) in [5.41, 5.74) is 1.75. The lowest BCUT2D eigenvalue weighted by atomic mass is 10.1. The van der Waals surface area contributed by atoms with Crippen LogP contribution in [0.25, 0.3) is 0 Å². The lowest BCUT2D eigenvalue weighted by molar-refractivity contribution is 0.467. The van der Waals surface area contributed by atoms with Crippen LogP contribution < -0.4 is 5.32 Å². The third-order valence-corrected chi connectivity index (χ3v) is 2.92. The van der Waals surface area contributed by atoms with Crippen molar-refractivity contribution in [2.45, 2.75) is 26.2 Å². The highest BCUT2D eigenvalue weighted by Gasteiger charge is 2.11. The van der Waals surface area contributed by atoms with E-state index in [2.05, 4.69) is 17.2 Å². The number of aryl methyl sites for hydroxylation is 1. The molecule has 2 rings (SSSR count). The summed E-state index contributed by atoms with van der Waals surface area (Å²) in [6, 6.07) is 7.81. The molecular formula is C15H15F3N2. The fraction of sp³-hybridized carbons (Fsp3) is 0.267. The molecule has 0 saturated heterocycles. The summed E-state index contributed by atoms with van der Waals surface area (Å²) in [5, 5.41) is 2.63. The van der Waals surface area contributed by atoms with Gasteiger partial charge in [-0.25, -0.2) is 8.78 Å². The molecule has 0 atom stereocenters. The fourth-order valence-corrected chi connectivity index (χ4v) is 1.80. The van der Waals surface area contributed by atoms with Crippen molar-refractivity contribution in [1.82, 2.24) is 4.98 Å². The largest absolute Gasteiger partial charge is 0.338 e. The van der Waals surface area contributed by atoms with Crippen LogP contribution in [-0.2, 0) is 6.42 Å². The number of pyridine rings is 1. The zero-order chi connectivity index (χ0) is 14.5. The third kappa shape index (κ3) is 3.50. The number of hydrogen-bond acceptors (Lipinski definition) is 2. The molecule has 1 N–H and O–H groups in total. The molecule has 1 aromatic carbocycles. The Kier molecular flexibility index (Phi) is 4.61. The Bertz CT molecular complexity index is 582. The minimum Gasteiger partial charge on any atom is -0.338 e. The Morgan fingerprint density at radius 2 is 1.75 bits per heavy atom. The van der Waals surface area contributed by atoms with Crippen LogP contribution in [0.2, 0.25) is 0 Å². The highest BCUT2D eigenvalue weighted by Crippen LogP contribution is 2.20. The Labute approximate surface area is 115 Å². The first kappa shape index (κ1) is 14.4. The zero-order valence-corrected chi connectivity index (χ0v) is 11.1. The van der Waals surface area contributed by atoms with E-state index < -0.39 is 17.6 Å². The maximum atomic E-state index is 13.4. The summed E-state index contributed by atoms with van der Waals surface area (Å²) in [5.74, 6) is -3.89. The van der Waals surface area contributed by atoms with Crippen molar-refractivity contribution in [1.29, 1.82) is 0 Å². The molecule has 0 fully saturated rings. The average Bonchev–Trinajstić information content (AvgIpc) is 2.44. The van der Waals surface area contributed by atoms with Gasteiger partial charge in [0.2, 0.25) is 0 Å². The van der Waals surface area contributed by atoms with Gasteiger partial charge in [-0.3, -0.25) is 0 Å². The Hall–Kier alpha value is -2.04. The Balaban J connectivity index is 2.12. The second kappa shape index (κ2) is 6.41. The lowest BCUT2D eigenvalue weighted by Crippen LogP contribution is -2.01. The van der Waals surface area contributed by atoms with Gasteiger partial charge in [0.05, 0.1) is 0 Å². The van der Waals surface area contributed by atoms with Crippen LogP contribution in [0.5, 0.6) is 0 Å².